The van der Waals surface area contributed by atoms with Gasteiger partial charge in [0.1, 0.15) is 23.4 Å². The fourth-order valence-electron chi connectivity index (χ4n) is 3.10. The van der Waals surface area contributed by atoms with Gasteiger partial charge in [-0.25, -0.2) is 9.07 Å². The number of benzene rings is 2. The molecule has 0 spiro atoms. The molecule has 1 amide bonds. The molecule has 1 atom stereocenters. The number of ether oxygens (including phenoxy) is 1. The second-order valence-electron chi connectivity index (χ2n) is 8.11. The molecule has 1 aliphatic carbocycles. The highest BCUT2D eigenvalue weighted by Gasteiger charge is 2.30. The second-order valence-corrected chi connectivity index (χ2v) is 9.19. The third-order valence-corrected chi connectivity index (χ3v) is 6.42. The van der Waals surface area contributed by atoms with Gasteiger partial charge in [0, 0.05) is 6.04 Å². The van der Waals surface area contributed by atoms with E-state index in [-0.39, 0.29) is 24.4 Å². The molecule has 1 unspecified atom stereocenters. The molecule has 4 rings (SSSR count). The molecule has 168 valence electrons. The van der Waals surface area contributed by atoms with Gasteiger partial charge < -0.3 is 15.9 Å². The molecular formula is C23H26FN5O2S. The minimum absolute atomic E-state index is 0.139. The number of rotatable bonds is 9. The lowest BCUT2D eigenvalue weighted by molar-refractivity contribution is -0.120. The number of amides is 1. The SMILES string of the molecule is CC(C)c1ccc(OCc2nnc(SC(C(=O)NC3CC3)c3ccc(F)cc3)n2N)cc1. The van der Waals surface area contributed by atoms with Gasteiger partial charge >= 0.3 is 0 Å². The van der Waals surface area contributed by atoms with Crippen LogP contribution >= 0.6 is 11.8 Å². The van der Waals surface area contributed by atoms with Crippen molar-refractivity contribution in [2.75, 3.05) is 5.84 Å². The summed E-state index contributed by atoms with van der Waals surface area (Å²) in [6, 6.07) is 14.0. The molecule has 32 heavy (non-hydrogen) atoms. The number of hydrogen-bond acceptors (Lipinski definition) is 6. The molecule has 1 aromatic heterocycles. The van der Waals surface area contributed by atoms with E-state index in [1.165, 1.54) is 34.1 Å². The van der Waals surface area contributed by atoms with E-state index in [2.05, 4.69) is 29.4 Å². The molecule has 1 fully saturated rings. The Labute approximate surface area is 190 Å². The number of nitrogen functional groups attached to an aromatic ring is 1. The van der Waals surface area contributed by atoms with E-state index in [9.17, 15) is 9.18 Å². The molecule has 9 heteroatoms. The van der Waals surface area contributed by atoms with Gasteiger partial charge in [0.2, 0.25) is 11.1 Å². The number of nitrogens with zero attached hydrogens (tertiary/aromatic N) is 3. The summed E-state index contributed by atoms with van der Waals surface area (Å²) in [5.41, 5.74) is 1.90. The highest BCUT2D eigenvalue weighted by Crippen LogP contribution is 2.35. The maximum absolute atomic E-state index is 13.4. The van der Waals surface area contributed by atoms with Crippen LogP contribution in [-0.2, 0) is 11.4 Å². The van der Waals surface area contributed by atoms with Crippen LogP contribution in [0, 0.1) is 5.82 Å². The average molecular weight is 456 g/mol. The van der Waals surface area contributed by atoms with Gasteiger partial charge in [0.25, 0.3) is 0 Å². The van der Waals surface area contributed by atoms with Crippen molar-refractivity contribution in [2.45, 2.75) is 55.7 Å². The Bertz CT molecular complexity index is 1060. The first kappa shape index (κ1) is 22.1. The van der Waals surface area contributed by atoms with Crippen LogP contribution in [-0.4, -0.2) is 26.8 Å². The van der Waals surface area contributed by atoms with Crippen LogP contribution in [0.1, 0.15) is 54.8 Å². The topological polar surface area (TPSA) is 95.1 Å². The van der Waals surface area contributed by atoms with Crippen molar-refractivity contribution >= 4 is 17.7 Å². The summed E-state index contributed by atoms with van der Waals surface area (Å²) in [7, 11) is 0. The van der Waals surface area contributed by atoms with Crippen molar-refractivity contribution in [1.82, 2.24) is 20.2 Å². The Morgan fingerprint density at radius 1 is 1.16 bits per heavy atom. The van der Waals surface area contributed by atoms with Crippen LogP contribution in [0.15, 0.2) is 53.7 Å². The van der Waals surface area contributed by atoms with Crippen molar-refractivity contribution < 1.29 is 13.9 Å². The van der Waals surface area contributed by atoms with Crippen LogP contribution in [0.2, 0.25) is 0 Å². The highest BCUT2D eigenvalue weighted by atomic mass is 32.2. The Morgan fingerprint density at radius 3 is 2.44 bits per heavy atom. The zero-order valence-corrected chi connectivity index (χ0v) is 18.8. The number of thioether (sulfide) groups is 1. The summed E-state index contributed by atoms with van der Waals surface area (Å²) in [6.45, 7) is 4.41. The number of carbonyl (C=O) groups excluding carboxylic acids is 1. The summed E-state index contributed by atoms with van der Waals surface area (Å²) in [6.07, 6.45) is 1.94. The smallest absolute Gasteiger partial charge is 0.238 e. The fourth-order valence-corrected chi connectivity index (χ4v) is 4.09. The average Bonchev–Trinajstić information content (AvgIpc) is 3.53. The van der Waals surface area contributed by atoms with E-state index in [0.717, 1.165) is 12.8 Å². The van der Waals surface area contributed by atoms with Gasteiger partial charge in [0.05, 0.1) is 0 Å². The third-order valence-electron chi connectivity index (χ3n) is 5.21. The largest absolute Gasteiger partial charge is 0.486 e. The van der Waals surface area contributed by atoms with E-state index in [1.54, 1.807) is 12.1 Å². The molecule has 2 aromatic carbocycles. The molecule has 3 aromatic rings. The molecule has 0 saturated heterocycles. The van der Waals surface area contributed by atoms with Crippen molar-refractivity contribution in [2.24, 2.45) is 0 Å². The van der Waals surface area contributed by atoms with Crippen molar-refractivity contribution in [3.8, 4) is 5.75 Å². The molecule has 0 radical (unpaired) electrons. The second kappa shape index (κ2) is 9.60. The molecule has 1 saturated carbocycles. The zero-order chi connectivity index (χ0) is 22.7. The molecular weight excluding hydrogens is 429 g/mol. The molecule has 3 N–H and O–H groups in total. The Morgan fingerprint density at radius 2 is 1.81 bits per heavy atom. The number of halogens is 1. The Balaban J connectivity index is 1.46. The van der Waals surface area contributed by atoms with Crippen LogP contribution in [0.3, 0.4) is 0 Å². The number of nitrogens with two attached hydrogens (primary N) is 1. The normalized spacial score (nSPS) is 14.4. The lowest BCUT2D eigenvalue weighted by Gasteiger charge is -2.16. The van der Waals surface area contributed by atoms with E-state index >= 15 is 0 Å². The van der Waals surface area contributed by atoms with Crippen molar-refractivity contribution in [3.63, 3.8) is 0 Å². The van der Waals surface area contributed by atoms with Gasteiger partial charge in [-0.1, -0.05) is 49.9 Å². The summed E-state index contributed by atoms with van der Waals surface area (Å²) in [4.78, 5) is 12.8. The Kier molecular flexibility index (Phi) is 6.64. The van der Waals surface area contributed by atoms with E-state index in [0.29, 0.717) is 28.2 Å². The van der Waals surface area contributed by atoms with Gasteiger partial charge in [0.15, 0.2) is 5.82 Å². The van der Waals surface area contributed by atoms with Gasteiger partial charge in [-0.3, -0.25) is 4.79 Å². The fraction of sp³-hybridized carbons (Fsp3) is 0.348. The standard InChI is InChI=1S/C23H26FN5O2S/c1-14(2)15-5-11-19(12-6-15)31-13-20-27-28-23(29(20)25)32-21(22(30)26-18-9-10-18)16-3-7-17(24)8-4-16/h3-8,11-12,14,18,21H,9-10,13,25H2,1-2H3,(H,26,30). The number of hydrogen-bond donors (Lipinski definition) is 2. The molecule has 7 nitrogen and oxygen atoms in total. The first-order valence-electron chi connectivity index (χ1n) is 10.6. The molecule has 0 bridgehead atoms. The van der Waals surface area contributed by atoms with Crippen molar-refractivity contribution in [3.05, 3.63) is 71.3 Å². The monoisotopic (exact) mass is 455 g/mol. The van der Waals surface area contributed by atoms with Crippen LogP contribution in [0.25, 0.3) is 0 Å². The highest BCUT2D eigenvalue weighted by molar-refractivity contribution is 8.00. The predicted molar refractivity (Wildman–Crippen MR) is 121 cm³/mol. The van der Waals surface area contributed by atoms with E-state index < -0.39 is 5.25 Å². The van der Waals surface area contributed by atoms with Crippen LogP contribution < -0.4 is 15.9 Å². The van der Waals surface area contributed by atoms with Gasteiger partial charge in [-0.05, 0) is 54.2 Å². The minimum Gasteiger partial charge on any atom is -0.486 e. The third kappa shape index (κ3) is 5.40. The zero-order valence-electron chi connectivity index (χ0n) is 18.0. The number of carbonyl (C=O) groups is 1. The van der Waals surface area contributed by atoms with Gasteiger partial charge in [-0.2, -0.15) is 0 Å². The maximum Gasteiger partial charge on any atom is 0.238 e. The molecule has 0 aliphatic heterocycles. The van der Waals surface area contributed by atoms with Crippen LogP contribution in [0.4, 0.5) is 4.39 Å². The first-order chi connectivity index (χ1) is 15.4. The lowest BCUT2D eigenvalue weighted by atomic mass is 10.0. The van der Waals surface area contributed by atoms with Crippen LogP contribution in [0.5, 0.6) is 5.75 Å². The summed E-state index contributed by atoms with van der Waals surface area (Å²) < 4.78 is 20.5. The van der Waals surface area contributed by atoms with Gasteiger partial charge in [-0.15, -0.1) is 10.2 Å². The maximum atomic E-state index is 13.4. The number of nitrogens with one attached hydrogen (secondary N) is 1. The summed E-state index contributed by atoms with van der Waals surface area (Å²) >= 11 is 1.17. The number of aromatic nitrogens is 3. The quantitative estimate of drug-likeness (QED) is 0.375. The Hall–Kier alpha value is -3.07. The summed E-state index contributed by atoms with van der Waals surface area (Å²) in [5.74, 6) is 7.26. The van der Waals surface area contributed by atoms with E-state index in [1.807, 2.05) is 24.3 Å². The predicted octanol–water partition coefficient (Wildman–Crippen LogP) is 3.95. The minimum atomic E-state index is -0.625. The van der Waals surface area contributed by atoms with Crippen molar-refractivity contribution in [1.29, 1.82) is 0 Å². The molecule has 1 heterocycles. The molecule has 1 aliphatic rings. The van der Waals surface area contributed by atoms with E-state index in [4.69, 9.17) is 10.6 Å². The first-order valence-corrected chi connectivity index (χ1v) is 11.4. The summed E-state index contributed by atoms with van der Waals surface area (Å²) in [5, 5.41) is 11.0. The lowest BCUT2D eigenvalue weighted by Crippen LogP contribution is -2.30.